The highest BCUT2D eigenvalue weighted by atomic mass is 16.1. The predicted octanol–water partition coefficient (Wildman–Crippen LogP) is 0.543. The topological polar surface area (TPSA) is 82.0 Å². The molecule has 0 aliphatic carbocycles. The minimum Gasteiger partial charge on any atom is -0.364 e. The van der Waals surface area contributed by atoms with Gasteiger partial charge in [0.05, 0.1) is 5.69 Å². The Hall–Kier alpha value is -1.68. The molecule has 0 saturated heterocycles. The summed E-state index contributed by atoms with van der Waals surface area (Å²) in [6, 6.07) is 5.14. The van der Waals surface area contributed by atoms with Gasteiger partial charge in [-0.2, -0.15) is 0 Å². The van der Waals surface area contributed by atoms with Gasteiger partial charge in [-0.3, -0.25) is 4.79 Å². The molecule has 0 spiro atoms. The van der Waals surface area contributed by atoms with E-state index >= 15 is 0 Å². The Labute approximate surface area is 82.6 Å². The molecule has 0 radical (unpaired) electrons. The summed E-state index contributed by atoms with van der Waals surface area (Å²) in [5.74, 6) is -0.515. The molecule has 74 valence electrons. The predicted molar refractivity (Wildman–Crippen MR) is 55.5 cm³/mol. The molecule has 1 heterocycles. The number of pyridine rings is 1. The molecular weight excluding hydrogens is 178 g/mol. The first-order valence-electron chi connectivity index (χ1n) is 4.37. The van der Waals surface area contributed by atoms with Crippen LogP contribution in [0, 0.1) is 0 Å². The summed E-state index contributed by atoms with van der Waals surface area (Å²) in [7, 11) is 0. The normalized spacial score (nSPS) is 10.6. The molecular formula is C10H13N3O. The summed E-state index contributed by atoms with van der Waals surface area (Å²) < 4.78 is 0. The van der Waals surface area contributed by atoms with Gasteiger partial charge in [-0.1, -0.05) is 12.1 Å². The van der Waals surface area contributed by atoms with E-state index in [0.717, 1.165) is 12.1 Å². The highest BCUT2D eigenvalue weighted by Gasteiger charge is 2.00. The minimum absolute atomic E-state index is 0.278. The van der Waals surface area contributed by atoms with Crippen molar-refractivity contribution in [1.82, 2.24) is 4.98 Å². The van der Waals surface area contributed by atoms with E-state index in [2.05, 4.69) is 4.98 Å². The smallest absolute Gasteiger partial charge is 0.267 e. The summed E-state index contributed by atoms with van der Waals surface area (Å²) in [5, 5.41) is 0. The number of rotatable bonds is 4. The van der Waals surface area contributed by atoms with Crippen LogP contribution in [0.25, 0.3) is 6.08 Å². The molecule has 0 aliphatic rings. The molecule has 4 heteroatoms. The fraction of sp³-hybridized carbons (Fsp3) is 0.200. The van der Waals surface area contributed by atoms with E-state index in [4.69, 9.17) is 11.5 Å². The van der Waals surface area contributed by atoms with Gasteiger partial charge in [0, 0.05) is 0 Å². The van der Waals surface area contributed by atoms with Crippen LogP contribution < -0.4 is 11.5 Å². The van der Waals surface area contributed by atoms with Crippen LogP contribution >= 0.6 is 0 Å². The van der Waals surface area contributed by atoms with Crippen molar-refractivity contribution in [3.63, 3.8) is 0 Å². The van der Waals surface area contributed by atoms with Crippen LogP contribution in [0.2, 0.25) is 0 Å². The average molecular weight is 191 g/mol. The van der Waals surface area contributed by atoms with Gasteiger partial charge in [0.25, 0.3) is 5.91 Å². The third-order valence-electron chi connectivity index (χ3n) is 1.65. The second kappa shape index (κ2) is 5.14. The quantitative estimate of drug-likeness (QED) is 0.728. The molecule has 0 unspecified atom stereocenters. The zero-order valence-corrected chi connectivity index (χ0v) is 7.81. The number of nitrogens with two attached hydrogens (primary N) is 2. The van der Waals surface area contributed by atoms with Gasteiger partial charge in [-0.05, 0) is 31.2 Å². The molecule has 0 bridgehead atoms. The summed E-state index contributed by atoms with van der Waals surface area (Å²) in [6.45, 7) is 0.603. The van der Waals surface area contributed by atoms with Gasteiger partial charge >= 0.3 is 0 Å². The van der Waals surface area contributed by atoms with E-state index in [0.29, 0.717) is 6.54 Å². The number of aromatic nitrogens is 1. The van der Waals surface area contributed by atoms with Crippen LogP contribution in [-0.2, 0) is 0 Å². The van der Waals surface area contributed by atoms with E-state index < -0.39 is 5.91 Å². The van der Waals surface area contributed by atoms with Crippen LogP contribution in [0.3, 0.4) is 0 Å². The van der Waals surface area contributed by atoms with Crippen molar-refractivity contribution in [3.8, 4) is 0 Å². The van der Waals surface area contributed by atoms with E-state index in [-0.39, 0.29) is 5.69 Å². The van der Waals surface area contributed by atoms with E-state index in [1.54, 1.807) is 18.2 Å². The first-order valence-corrected chi connectivity index (χ1v) is 4.37. The Morgan fingerprint density at radius 1 is 1.50 bits per heavy atom. The van der Waals surface area contributed by atoms with Gasteiger partial charge in [-0.25, -0.2) is 4.98 Å². The Morgan fingerprint density at radius 2 is 2.29 bits per heavy atom. The zero-order chi connectivity index (χ0) is 10.4. The molecule has 1 amide bonds. The number of amides is 1. The Bertz CT molecular complexity index is 347. The van der Waals surface area contributed by atoms with Gasteiger partial charge in [-0.15, -0.1) is 0 Å². The highest BCUT2D eigenvalue weighted by Crippen LogP contribution is 2.01. The third-order valence-corrected chi connectivity index (χ3v) is 1.65. The molecule has 14 heavy (non-hydrogen) atoms. The van der Waals surface area contributed by atoms with E-state index in [9.17, 15) is 4.79 Å². The molecule has 4 nitrogen and oxygen atoms in total. The number of carbonyl (C=O) groups is 1. The van der Waals surface area contributed by atoms with Crippen LogP contribution in [0.1, 0.15) is 22.6 Å². The fourth-order valence-corrected chi connectivity index (χ4v) is 0.982. The van der Waals surface area contributed by atoms with Gasteiger partial charge in [0.15, 0.2) is 0 Å². The van der Waals surface area contributed by atoms with Crippen LogP contribution in [0.5, 0.6) is 0 Å². The number of hydrogen-bond acceptors (Lipinski definition) is 3. The standard InChI is InChI=1S/C10H13N3O/c11-7-2-1-4-8-5-3-6-9(13-8)10(12)14/h1,3-6H,2,7,11H2,(H2,12,14). The van der Waals surface area contributed by atoms with E-state index in [1.807, 2.05) is 12.2 Å². The first kappa shape index (κ1) is 10.4. The molecule has 0 fully saturated rings. The lowest BCUT2D eigenvalue weighted by Crippen LogP contribution is -2.13. The molecule has 0 atom stereocenters. The minimum atomic E-state index is -0.515. The lowest BCUT2D eigenvalue weighted by Gasteiger charge is -1.96. The van der Waals surface area contributed by atoms with Crippen molar-refractivity contribution in [2.45, 2.75) is 6.42 Å². The lowest BCUT2D eigenvalue weighted by atomic mass is 10.2. The fourth-order valence-electron chi connectivity index (χ4n) is 0.982. The molecule has 0 aliphatic heterocycles. The summed E-state index contributed by atoms with van der Waals surface area (Å²) in [4.78, 5) is 14.8. The van der Waals surface area contributed by atoms with Crippen LogP contribution in [0.15, 0.2) is 24.3 Å². The van der Waals surface area contributed by atoms with Crippen molar-refractivity contribution in [1.29, 1.82) is 0 Å². The summed E-state index contributed by atoms with van der Waals surface area (Å²) in [6.07, 6.45) is 4.52. The number of nitrogens with zero attached hydrogens (tertiary/aromatic N) is 1. The monoisotopic (exact) mass is 191 g/mol. The Kier molecular flexibility index (Phi) is 3.82. The van der Waals surface area contributed by atoms with Gasteiger partial charge in [0.2, 0.25) is 0 Å². The van der Waals surface area contributed by atoms with Crippen LogP contribution in [0.4, 0.5) is 0 Å². The average Bonchev–Trinajstić information content (AvgIpc) is 2.19. The van der Waals surface area contributed by atoms with Crippen LogP contribution in [-0.4, -0.2) is 17.4 Å². The number of primary amides is 1. The summed E-state index contributed by atoms with van der Waals surface area (Å²) >= 11 is 0. The highest BCUT2D eigenvalue weighted by molar-refractivity contribution is 5.90. The lowest BCUT2D eigenvalue weighted by molar-refractivity contribution is 0.0995. The largest absolute Gasteiger partial charge is 0.364 e. The SMILES string of the molecule is NCCC=Cc1cccc(C(N)=O)n1. The first-order chi connectivity index (χ1) is 6.74. The van der Waals surface area contributed by atoms with Gasteiger partial charge in [0.1, 0.15) is 5.69 Å². The van der Waals surface area contributed by atoms with E-state index in [1.165, 1.54) is 0 Å². The second-order valence-electron chi connectivity index (χ2n) is 2.79. The maximum Gasteiger partial charge on any atom is 0.267 e. The van der Waals surface area contributed by atoms with Crippen molar-refractivity contribution >= 4 is 12.0 Å². The Morgan fingerprint density at radius 3 is 2.93 bits per heavy atom. The number of hydrogen-bond donors (Lipinski definition) is 2. The molecule has 1 rings (SSSR count). The maximum absolute atomic E-state index is 10.8. The van der Waals surface area contributed by atoms with Crippen molar-refractivity contribution in [2.75, 3.05) is 6.54 Å². The molecule has 1 aromatic rings. The maximum atomic E-state index is 10.8. The second-order valence-corrected chi connectivity index (χ2v) is 2.79. The van der Waals surface area contributed by atoms with Crippen molar-refractivity contribution < 1.29 is 4.79 Å². The number of carbonyl (C=O) groups excluding carboxylic acids is 1. The molecule has 0 saturated carbocycles. The molecule has 1 aromatic heterocycles. The van der Waals surface area contributed by atoms with Crippen molar-refractivity contribution in [3.05, 3.63) is 35.7 Å². The molecule has 0 aromatic carbocycles. The Balaban J connectivity index is 2.78. The molecule has 4 N–H and O–H groups in total. The zero-order valence-electron chi connectivity index (χ0n) is 7.81. The summed E-state index contributed by atoms with van der Waals surface area (Å²) in [5.41, 5.74) is 11.4. The van der Waals surface area contributed by atoms with Gasteiger partial charge < -0.3 is 11.5 Å². The van der Waals surface area contributed by atoms with Crippen molar-refractivity contribution in [2.24, 2.45) is 11.5 Å². The third kappa shape index (κ3) is 2.99.